The van der Waals surface area contributed by atoms with E-state index in [1.165, 1.54) is 12.1 Å². The first kappa shape index (κ1) is 15.9. The third-order valence-electron chi connectivity index (χ3n) is 3.40. The van der Waals surface area contributed by atoms with Gasteiger partial charge in [-0.1, -0.05) is 0 Å². The molecule has 0 aliphatic carbocycles. The summed E-state index contributed by atoms with van der Waals surface area (Å²) in [6.07, 6.45) is 2.48. The zero-order valence-electron chi connectivity index (χ0n) is 13.3. The second-order valence-corrected chi connectivity index (χ2v) is 5.21. The number of nitrogens with zero attached hydrogens (tertiary/aromatic N) is 3. The van der Waals surface area contributed by atoms with E-state index in [-0.39, 0.29) is 18.3 Å². The Kier molecular flexibility index (Phi) is 4.41. The summed E-state index contributed by atoms with van der Waals surface area (Å²) in [7, 11) is 0. The Morgan fingerprint density at radius 2 is 2.12 bits per heavy atom. The number of hydrogen-bond acceptors (Lipinski definition) is 5. The minimum atomic E-state index is -0.808. The van der Waals surface area contributed by atoms with Crippen molar-refractivity contribution < 1.29 is 18.7 Å². The van der Waals surface area contributed by atoms with Crippen molar-refractivity contribution in [2.75, 3.05) is 6.61 Å². The molecule has 0 N–H and O–H groups in total. The number of rotatable bonds is 4. The molecule has 0 aliphatic rings. The van der Waals surface area contributed by atoms with Gasteiger partial charge in [-0.3, -0.25) is 9.97 Å². The minimum Gasteiger partial charge on any atom is -0.434 e. The van der Waals surface area contributed by atoms with Crippen LogP contribution in [-0.4, -0.2) is 27.3 Å². The summed E-state index contributed by atoms with van der Waals surface area (Å²) in [5, 5.41) is 0.620. The van der Waals surface area contributed by atoms with Crippen LogP contribution < -0.4 is 4.74 Å². The minimum absolute atomic E-state index is 0.205. The number of benzene rings is 1. The molecule has 2 heterocycles. The third-order valence-corrected chi connectivity index (χ3v) is 3.40. The lowest BCUT2D eigenvalue weighted by molar-refractivity contribution is 0.101. The number of halogens is 1. The van der Waals surface area contributed by atoms with Gasteiger partial charge in [0, 0.05) is 17.6 Å². The first-order valence-electron chi connectivity index (χ1n) is 7.47. The maximum Gasteiger partial charge on any atom is 0.515 e. The Labute approximate surface area is 137 Å². The highest BCUT2D eigenvalue weighted by Crippen LogP contribution is 2.27. The van der Waals surface area contributed by atoms with Gasteiger partial charge in [0.25, 0.3) is 0 Å². The van der Waals surface area contributed by atoms with E-state index in [4.69, 9.17) is 9.47 Å². The number of hydrogen-bond donors (Lipinski definition) is 0. The number of fused-ring (bicyclic) bond motifs is 1. The number of aryl methyl sites for hydroxylation is 1. The van der Waals surface area contributed by atoms with E-state index in [9.17, 15) is 9.18 Å². The molecule has 3 aromatic rings. The summed E-state index contributed by atoms with van der Waals surface area (Å²) in [5.41, 5.74) is 2.20. The maximum atomic E-state index is 13.5. The fraction of sp³-hybridized carbons (Fsp3) is 0.235. The molecule has 0 spiro atoms. The van der Waals surface area contributed by atoms with E-state index < -0.39 is 6.16 Å². The van der Waals surface area contributed by atoms with Crippen LogP contribution in [0.1, 0.15) is 18.3 Å². The summed E-state index contributed by atoms with van der Waals surface area (Å²) in [6, 6.07) is 5.96. The van der Waals surface area contributed by atoms with Crippen LogP contribution >= 0.6 is 0 Å². The van der Waals surface area contributed by atoms with Crippen molar-refractivity contribution in [1.29, 1.82) is 0 Å². The van der Waals surface area contributed by atoms with Crippen LogP contribution in [0.5, 0.6) is 5.88 Å². The quantitative estimate of drug-likeness (QED) is 0.686. The van der Waals surface area contributed by atoms with E-state index in [0.29, 0.717) is 17.6 Å². The number of ether oxygens (including phenoxy) is 2. The number of aromatic nitrogens is 3. The van der Waals surface area contributed by atoms with Crippen molar-refractivity contribution in [3.05, 3.63) is 53.9 Å². The third kappa shape index (κ3) is 3.34. The second-order valence-electron chi connectivity index (χ2n) is 5.21. The normalized spacial score (nSPS) is 10.8. The number of carbonyl (C=O) groups is 1. The summed E-state index contributed by atoms with van der Waals surface area (Å²) < 4.78 is 25.3. The van der Waals surface area contributed by atoms with Crippen molar-refractivity contribution in [3.63, 3.8) is 0 Å². The van der Waals surface area contributed by atoms with E-state index >= 15 is 0 Å². The van der Waals surface area contributed by atoms with E-state index in [1.807, 2.05) is 6.92 Å². The zero-order chi connectivity index (χ0) is 17.1. The van der Waals surface area contributed by atoms with Gasteiger partial charge in [-0.05, 0) is 32.0 Å². The standard InChI is InChI=1S/C17H16FN3O3/c1-3-23-17(22)24-16-7-12-6-13(18)4-5-15(12)21(16)10-14-9-19-8-11(2)20-14/h4-9H,3,10H2,1-2H3. The Balaban J connectivity index is 2.03. The lowest BCUT2D eigenvalue weighted by atomic mass is 10.2. The summed E-state index contributed by atoms with van der Waals surface area (Å²) >= 11 is 0. The van der Waals surface area contributed by atoms with Gasteiger partial charge in [0.2, 0.25) is 5.88 Å². The molecule has 124 valence electrons. The summed E-state index contributed by atoms with van der Waals surface area (Å²) in [6.45, 7) is 4.07. The predicted octanol–water partition coefficient (Wildman–Crippen LogP) is 3.46. The van der Waals surface area contributed by atoms with Gasteiger partial charge in [-0.15, -0.1) is 0 Å². The first-order valence-corrected chi connectivity index (χ1v) is 7.47. The van der Waals surface area contributed by atoms with Crippen LogP contribution in [0.15, 0.2) is 36.7 Å². The fourth-order valence-electron chi connectivity index (χ4n) is 2.45. The molecular weight excluding hydrogens is 313 g/mol. The van der Waals surface area contributed by atoms with Gasteiger partial charge in [0.05, 0.1) is 36.3 Å². The molecule has 0 saturated heterocycles. The topological polar surface area (TPSA) is 66.2 Å². The van der Waals surface area contributed by atoms with Gasteiger partial charge >= 0.3 is 6.16 Å². The molecule has 6 nitrogen and oxygen atoms in total. The molecule has 0 radical (unpaired) electrons. The molecule has 0 saturated carbocycles. The first-order chi connectivity index (χ1) is 11.6. The molecule has 0 atom stereocenters. The van der Waals surface area contributed by atoms with Crippen molar-refractivity contribution >= 4 is 17.1 Å². The Bertz CT molecular complexity index is 892. The smallest absolute Gasteiger partial charge is 0.434 e. The maximum absolute atomic E-state index is 13.5. The lowest BCUT2D eigenvalue weighted by Gasteiger charge is -2.10. The van der Waals surface area contributed by atoms with Crippen molar-refractivity contribution in [2.24, 2.45) is 0 Å². The van der Waals surface area contributed by atoms with Crippen LogP contribution in [0.25, 0.3) is 10.9 Å². The molecule has 2 aromatic heterocycles. The summed E-state index contributed by atoms with van der Waals surface area (Å²) in [4.78, 5) is 20.2. The summed E-state index contributed by atoms with van der Waals surface area (Å²) in [5.74, 6) is -0.102. The van der Waals surface area contributed by atoms with Crippen molar-refractivity contribution in [3.8, 4) is 5.88 Å². The molecule has 0 amide bonds. The van der Waals surface area contributed by atoms with Crippen LogP contribution in [-0.2, 0) is 11.3 Å². The van der Waals surface area contributed by atoms with Crippen LogP contribution in [0, 0.1) is 12.7 Å². The predicted molar refractivity (Wildman–Crippen MR) is 85.4 cm³/mol. The van der Waals surface area contributed by atoms with E-state index in [2.05, 4.69) is 9.97 Å². The average molecular weight is 329 g/mol. The van der Waals surface area contributed by atoms with Crippen molar-refractivity contribution in [2.45, 2.75) is 20.4 Å². The number of carbonyl (C=O) groups excluding carboxylic acids is 1. The second kappa shape index (κ2) is 6.66. The largest absolute Gasteiger partial charge is 0.515 e. The van der Waals surface area contributed by atoms with Gasteiger partial charge < -0.3 is 14.0 Å². The molecule has 0 aliphatic heterocycles. The highest BCUT2D eigenvalue weighted by Gasteiger charge is 2.15. The molecular formula is C17H16FN3O3. The fourth-order valence-corrected chi connectivity index (χ4v) is 2.45. The van der Waals surface area contributed by atoms with Crippen LogP contribution in [0.2, 0.25) is 0 Å². The molecule has 3 rings (SSSR count). The molecule has 24 heavy (non-hydrogen) atoms. The highest BCUT2D eigenvalue weighted by molar-refractivity contribution is 5.83. The van der Waals surface area contributed by atoms with Crippen LogP contribution in [0.3, 0.4) is 0 Å². The Morgan fingerprint density at radius 3 is 2.88 bits per heavy atom. The molecule has 1 aromatic carbocycles. The molecule has 0 fully saturated rings. The molecule has 7 heteroatoms. The molecule has 0 unspecified atom stereocenters. The van der Waals surface area contributed by atoms with Gasteiger partial charge in [-0.25, -0.2) is 9.18 Å². The Morgan fingerprint density at radius 1 is 1.29 bits per heavy atom. The average Bonchev–Trinajstić information content (AvgIpc) is 2.84. The SMILES string of the molecule is CCOC(=O)Oc1cc2cc(F)ccc2n1Cc1cncc(C)n1. The van der Waals surface area contributed by atoms with Gasteiger partial charge in [0.15, 0.2) is 0 Å². The Hall–Kier alpha value is -2.96. The molecule has 0 bridgehead atoms. The van der Waals surface area contributed by atoms with Gasteiger partial charge in [-0.2, -0.15) is 0 Å². The van der Waals surface area contributed by atoms with E-state index in [1.54, 1.807) is 36.0 Å². The van der Waals surface area contributed by atoms with Crippen molar-refractivity contribution in [1.82, 2.24) is 14.5 Å². The van der Waals surface area contributed by atoms with Crippen LogP contribution in [0.4, 0.5) is 9.18 Å². The van der Waals surface area contributed by atoms with Gasteiger partial charge in [0.1, 0.15) is 5.82 Å². The highest BCUT2D eigenvalue weighted by atomic mass is 19.1. The monoisotopic (exact) mass is 329 g/mol. The van der Waals surface area contributed by atoms with E-state index in [0.717, 1.165) is 11.2 Å². The lowest BCUT2D eigenvalue weighted by Crippen LogP contribution is -2.13. The zero-order valence-corrected chi connectivity index (χ0v) is 13.3.